The highest BCUT2D eigenvalue weighted by molar-refractivity contribution is 14.0. The highest BCUT2D eigenvalue weighted by Crippen LogP contribution is 2.37. The zero-order valence-electron chi connectivity index (χ0n) is 13.8. The van der Waals surface area contributed by atoms with Gasteiger partial charge >= 0.3 is 0 Å². The highest BCUT2D eigenvalue weighted by atomic mass is 127. The van der Waals surface area contributed by atoms with Crippen molar-refractivity contribution in [2.24, 2.45) is 4.99 Å². The van der Waals surface area contributed by atoms with Gasteiger partial charge in [-0.15, -0.1) is 24.0 Å². The SMILES string of the molecule is CCNC(=NCC1(N2CCSCC2)CCCC1)NC1CC1.I. The molecule has 0 aromatic heterocycles. The van der Waals surface area contributed by atoms with E-state index in [4.69, 9.17) is 4.99 Å². The molecule has 0 spiro atoms. The molecule has 0 atom stereocenters. The van der Waals surface area contributed by atoms with E-state index in [1.807, 2.05) is 0 Å². The largest absolute Gasteiger partial charge is 0.357 e. The molecule has 3 rings (SSSR count). The number of hydrogen-bond donors (Lipinski definition) is 2. The minimum Gasteiger partial charge on any atom is -0.357 e. The average Bonchev–Trinajstić information content (AvgIpc) is 3.21. The van der Waals surface area contributed by atoms with Crippen LogP contribution in [-0.2, 0) is 0 Å². The van der Waals surface area contributed by atoms with E-state index < -0.39 is 0 Å². The molecule has 0 aromatic carbocycles. The molecule has 4 nitrogen and oxygen atoms in total. The van der Waals surface area contributed by atoms with Crippen LogP contribution in [0.5, 0.6) is 0 Å². The molecule has 1 saturated heterocycles. The van der Waals surface area contributed by atoms with Crippen LogP contribution in [0.15, 0.2) is 4.99 Å². The number of rotatable bonds is 5. The molecular formula is C16H31IN4S. The molecule has 0 aromatic rings. The molecule has 3 aliphatic rings. The fourth-order valence-corrected chi connectivity index (χ4v) is 4.52. The van der Waals surface area contributed by atoms with Crippen LogP contribution in [0.2, 0.25) is 0 Å². The molecule has 22 heavy (non-hydrogen) atoms. The first-order chi connectivity index (χ1) is 10.3. The third-order valence-electron chi connectivity index (χ3n) is 5.01. The van der Waals surface area contributed by atoms with E-state index in [9.17, 15) is 0 Å². The summed E-state index contributed by atoms with van der Waals surface area (Å²) in [4.78, 5) is 7.72. The Labute approximate surface area is 156 Å². The van der Waals surface area contributed by atoms with Crippen LogP contribution in [0.3, 0.4) is 0 Å². The van der Waals surface area contributed by atoms with E-state index in [1.54, 1.807) is 0 Å². The summed E-state index contributed by atoms with van der Waals surface area (Å²) in [5.41, 5.74) is 0.354. The maximum Gasteiger partial charge on any atom is 0.191 e. The summed E-state index contributed by atoms with van der Waals surface area (Å²) >= 11 is 2.10. The van der Waals surface area contributed by atoms with Gasteiger partial charge in [-0.1, -0.05) is 12.8 Å². The van der Waals surface area contributed by atoms with Crippen LogP contribution in [-0.4, -0.2) is 60.1 Å². The zero-order valence-corrected chi connectivity index (χ0v) is 16.9. The summed E-state index contributed by atoms with van der Waals surface area (Å²) in [7, 11) is 0. The second kappa shape index (κ2) is 8.97. The molecule has 0 bridgehead atoms. The van der Waals surface area contributed by atoms with Gasteiger partial charge in [0.2, 0.25) is 0 Å². The molecule has 2 N–H and O–H groups in total. The Morgan fingerprint density at radius 2 is 1.91 bits per heavy atom. The zero-order chi connectivity index (χ0) is 14.5. The molecule has 2 aliphatic carbocycles. The first-order valence-electron chi connectivity index (χ1n) is 8.70. The monoisotopic (exact) mass is 438 g/mol. The normalized spacial score (nSPS) is 25.6. The van der Waals surface area contributed by atoms with Crippen LogP contribution in [0.4, 0.5) is 0 Å². The predicted molar refractivity (Wildman–Crippen MR) is 108 cm³/mol. The van der Waals surface area contributed by atoms with Gasteiger partial charge < -0.3 is 10.6 Å². The van der Waals surface area contributed by atoms with Crippen molar-refractivity contribution in [1.82, 2.24) is 15.5 Å². The summed E-state index contributed by atoms with van der Waals surface area (Å²) in [6.07, 6.45) is 8.04. The first-order valence-corrected chi connectivity index (χ1v) is 9.85. The number of hydrogen-bond acceptors (Lipinski definition) is 3. The van der Waals surface area contributed by atoms with E-state index in [0.29, 0.717) is 11.6 Å². The van der Waals surface area contributed by atoms with Crippen LogP contribution < -0.4 is 10.6 Å². The number of halogens is 1. The summed E-state index contributed by atoms with van der Waals surface area (Å²) in [5, 5.41) is 6.97. The van der Waals surface area contributed by atoms with Crippen molar-refractivity contribution in [3.63, 3.8) is 0 Å². The lowest BCUT2D eigenvalue weighted by Gasteiger charge is -2.42. The maximum atomic E-state index is 4.97. The molecule has 1 heterocycles. The maximum absolute atomic E-state index is 4.97. The van der Waals surface area contributed by atoms with Crippen molar-refractivity contribution < 1.29 is 0 Å². The molecule has 1 aliphatic heterocycles. The Balaban J connectivity index is 0.00000176. The third kappa shape index (κ3) is 4.90. The highest BCUT2D eigenvalue weighted by Gasteiger charge is 2.40. The second-order valence-electron chi connectivity index (χ2n) is 6.64. The number of nitrogens with zero attached hydrogens (tertiary/aromatic N) is 2. The fraction of sp³-hybridized carbons (Fsp3) is 0.938. The van der Waals surface area contributed by atoms with Gasteiger partial charge in [0, 0.05) is 42.7 Å². The van der Waals surface area contributed by atoms with Crippen molar-refractivity contribution in [2.75, 3.05) is 37.7 Å². The topological polar surface area (TPSA) is 39.7 Å². The fourth-order valence-electron chi connectivity index (χ4n) is 3.61. The Morgan fingerprint density at radius 1 is 1.23 bits per heavy atom. The van der Waals surface area contributed by atoms with Crippen LogP contribution in [0.1, 0.15) is 45.4 Å². The molecular weight excluding hydrogens is 407 g/mol. The van der Waals surface area contributed by atoms with Gasteiger partial charge in [-0.2, -0.15) is 11.8 Å². The van der Waals surface area contributed by atoms with E-state index in [2.05, 4.69) is 34.2 Å². The lowest BCUT2D eigenvalue weighted by atomic mass is 9.95. The smallest absolute Gasteiger partial charge is 0.191 e. The van der Waals surface area contributed by atoms with Gasteiger partial charge in [-0.3, -0.25) is 9.89 Å². The molecule has 2 saturated carbocycles. The lowest BCUT2D eigenvalue weighted by Crippen LogP contribution is -2.53. The van der Waals surface area contributed by atoms with E-state index in [1.165, 1.54) is 63.1 Å². The van der Waals surface area contributed by atoms with Crippen molar-refractivity contribution in [2.45, 2.75) is 57.0 Å². The summed E-state index contributed by atoms with van der Waals surface area (Å²) in [6, 6.07) is 0.675. The molecule has 0 amide bonds. The third-order valence-corrected chi connectivity index (χ3v) is 5.95. The molecule has 0 unspecified atom stereocenters. The average molecular weight is 438 g/mol. The number of aliphatic imine (C=N–C) groups is 1. The minimum absolute atomic E-state index is 0. The van der Waals surface area contributed by atoms with Crippen molar-refractivity contribution in [3.8, 4) is 0 Å². The standard InChI is InChI=1S/C16H30N4S.HI/c1-2-17-15(19-14-5-6-14)18-13-16(7-3-4-8-16)20-9-11-21-12-10-20;/h14H,2-13H2,1H3,(H2,17,18,19);1H. The Bertz CT molecular complexity index is 361. The van der Waals surface area contributed by atoms with Crippen LogP contribution in [0, 0.1) is 0 Å². The number of nitrogens with one attached hydrogen (secondary N) is 2. The first kappa shape index (κ1) is 18.6. The second-order valence-corrected chi connectivity index (χ2v) is 7.87. The lowest BCUT2D eigenvalue weighted by molar-refractivity contribution is 0.112. The summed E-state index contributed by atoms with van der Waals surface area (Å²) < 4.78 is 0. The van der Waals surface area contributed by atoms with Gasteiger partial charge in [-0.25, -0.2) is 0 Å². The van der Waals surface area contributed by atoms with E-state index in [-0.39, 0.29) is 24.0 Å². The molecule has 6 heteroatoms. The Morgan fingerprint density at radius 3 is 2.50 bits per heavy atom. The number of guanidine groups is 1. The number of thioether (sulfide) groups is 1. The predicted octanol–water partition coefficient (Wildman–Crippen LogP) is 2.68. The van der Waals surface area contributed by atoms with Gasteiger partial charge in [-0.05, 0) is 32.6 Å². The minimum atomic E-state index is 0. The quantitative estimate of drug-likeness (QED) is 0.394. The van der Waals surface area contributed by atoms with Gasteiger partial charge in [0.15, 0.2) is 5.96 Å². The van der Waals surface area contributed by atoms with Gasteiger partial charge in [0.05, 0.1) is 6.54 Å². The molecule has 3 fully saturated rings. The molecule has 128 valence electrons. The van der Waals surface area contributed by atoms with E-state index in [0.717, 1.165) is 19.0 Å². The van der Waals surface area contributed by atoms with Gasteiger partial charge in [0.1, 0.15) is 0 Å². The molecule has 0 radical (unpaired) electrons. The Hall–Kier alpha value is 0.310. The van der Waals surface area contributed by atoms with E-state index >= 15 is 0 Å². The Kier molecular flexibility index (Phi) is 7.60. The van der Waals surface area contributed by atoms with Crippen molar-refractivity contribution in [3.05, 3.63) is 0 Å². The summed E-state index contributed by atoms with van der Waals surface area (Å²) in [6.45, 7) is 6.59. The van der Waals surface area contributed by atoms with Crippen molar-refractivity contribution >= 4 is 41.7 Å². The van der Waals surface area contributed by atoms with Crippen molar-refractivity contribution in [1.29, 1.82) is 0 Å². The van der Waals surface area contributed by atoms with Crippen LogP contribution in [0.25, 0.3) is 0 Å². The summed E-state index contributed by atoms with van der Waals surface area (Å²) in [5.74, 6) is 3.63. The van der Waals surface area contributed by atoms with Crippen LogP contribution >= 0.6 is 35.7 Å². The van der Waals surface area contributed by atoms with Gasteiger partial charge in [0.25, 0.3) is 0 Å².